The molecule has 5 heteroatoms. The van der Waals surface area contributed by atoms with Crippen molar-refractivity contribution in [3.63, 3.8) is 0 Å². The van der Waals surface area contributed by atoms with E-state index in [1.165, 1.54) is 0 Å². The molecule has 0 aliphatic rings. The Hall–Kier alpha value is -0.580. The number of sulfone groups is 1. The Bertz CT molecular complexity index is 246. The second kappa shape index (κ2) is 5.96. The van der Waals surface area contributed by atoms with Gasteiger partial charge in [-0.3, -0.25) is 4.79 Å². The number of nitrogens with one attached hydrogen (secondary N) is 1. The van der Waals surface area contributed by atoms with Crippen LogP contribution >= 0.6 is 0 Å². The number of hydrogen-bond donors (Lipinski definition) is 1. The standard InChI is InChI=1S/C8H17NO3S/c1-3-6-13(11,12)7-4-5-8(10)9-2/h3-7H2,1-2H3,(H,9,10). The highest BCUT2D eigenvalue weighted by Gasteiger charge is 2.09. The van der Waals surface area contributed by atoms with Crippen LogP contribution in [0.15, 0.2) is 0 Å². The lowest BCUT2D eigenvalue weighted by Crippen LogP contribution is -2.19. The number of rotatable bonds is 6. The third-order valence-electron chi connectivity index (χ3n) is 1.65. The van der Waals surface area contributed by atoms with Crippen molar-refractivity contribution in [2.45, 2.75) is 26.2 Å². The molecule has 0 heterocycles. The van der Waals surface area contributed by atoms with Gasteiger partial charge in [0.2, 0.25) is 5.91 Å². The molecule has 13 heavy (non-hydrogen) atoms. The Morgan fingerprint density at radius 1 is 1.31 bits per heavy atom. The van der Waals surface area contributed by atoms with Crippen molar-refractivity contribution < 1.29 is 13.2 Å². The average Bonchev–Trinajstić information content (AvgIpc) is 2.03. The maximum Gasteiger partial charge on any atom is 0.219 e. The monoisotopic (exact) mass is 207 g/mol. The van der Waals surface area contributed by atoms with Gasteiger partial charge in [0, 0.05) is 19.2 Å². The molecular weight excluding hydrogens is 190 g/mol. The summed E-state index contributed by atoms with van der Waals surface area (Å²) in [4.78, 5) is 10.7. The summed E-state index contributed by atoms with van der Waals surface area (Å²) in [5, 5.41) is 2.45. The molecular formula is C8H17NO3S. The summed E-state index contributed by atoms with van der Waals surface area (Å²) in [6.07, 6.45) is 1.35. The fraction of sp³-hybridized carbons (Fsp3) is 0.875. The van der Waals surface area contributed by atoms with Crippen molar-refractivity contribution in [2.24, 2.45) is 0 Å². The predicted octanol–water partition coefficient (Wildman–Crippen LogP) is 0.337. The largest absolute Gasteiger partial charge is 0.359 e. The first-order valence-electron chi connectivity index (χ1n) is 4.43. The highest BCUT2D eigenvalue weighted by Crippen LogP contribution is 1.99. The maximum absolute atomic E-state index is 11.2. The normalized spacial score (nSPS) is 11.2. The minimum absolute atomic E-state index is 0.105. The van der Waals surface area contributed by atoms with E-state index in [2.05, 4.69) is 5.32 Å². The van der Waals surface area contributed by atoms with Crippen molar-refractivity contribution in [3.8, 4) is 0 Å². The summed E-state index contributed by atoms with van der Waals surface area (Å²) in [5.41, 5.74) is 0. The number of amides is 1. The second-order valence-corrected chi connectivity index (χ2v) is 5.23. The average molecular weight is 207 g/mol. The molecule has 0 aliphatic heterocycles. The summed E-state index contributed by atoms with van der Waals surface area (Å²) in [7, 11) is -1.37. The van der Waals surface area contributed by atoms with E-state index in [-0.39, 0.29) is 17.4 Å². The molecule has 0 aliphatic carbocycles. The summed E-state index contributed by atoms with van der Waals surface area (Å²) >= 11 is 0. The van der Waals surface area contributed by atoms with E-state index in [9.17, 15) is 13.2 Å². The Labute approximate surface area is 79.6 Å². The fourth-order valence-corrected chi connectivity index (χ4v) is 2.40. The Morgan fingerprint density at radius 2 is 1.92 bits per heavy atom. The first-order valence-corrected chi connectivity index (χ1v) is 6.25. The van der Waals surface area contributed by atoms with Gasteiger partial charge in [-0.1, -0.05) is 6.92 Å². The van der Waals surface area contributed by atoms with Gasteiger partial charge in [0.1, 0.15) is 9.84 Å². The van der Waals surface area contributed by atoms with Crippen LogP contribution in [0, 0.1) is 0 Å². The smallest absolute Gasteiger partial charge is 0.219 e. The van der Waals surface area contributed by atoms with Crippen LogP contribution < -0.4 is 5.32 Å². The third kappa shape index (κ3) is 6.57. The van der Waals surface area contributed by atoms with Crippen LogP contribution in [0.2, 0.25) is 0 Å². The third-order valence-corrected chi connectivity index (χ3v) is 3.59. The van der Waals surface area contributed by atoms with Gasteiger partial charge in [0.25, 0.3) is 0 Å². The molecule has 0 radical (unpaired) electrons. The molecule has 0 bridgehead atoms. The summed E-state index contributed by atoms with van der Waals surface area (Å²) < 4.78 is 22.3. The quantitative estimate of drug-likeness (QED) is 0.683. The van der Waals surface area contributed by atoms with Crippen LogP contribution in [0.4, 0.5) is 0 Å². The minimum atomic E-state index is -2.92. The summed E-state index contributed by atoms with van der Waals surface area (Å²) in [6.45, 7) is 1.83. The van der Waals surface area contributed by atoms with E-state index in [4.69, 9.17) is 0 Å². The Balaban J connectivity index is 3.70. The lowest BCUT2D eigenvalue weighted by molar-refractivity contribution is -0.120. The van der Waals surface area contributed by atoms with Crippen molar-refractivity contribution >= 4 is 15.7 Å². The minimum Gasteiger partial charge on any atom is -0.359 e. The van der Waals surface area contributed by atoms with E-state index in [1.807, 2.05) is 6.92 Å². The first kappa shape index (κ1) is 12.4. The van der Waals surface area contributed by atoms with Gasteiger partial charge in [-0.15, -0.1) is 0 Å². The highest BCUT2D eigenvalue weighted by molar-refractivity contribution is 7.91. The van der Waals surface area contributed by atoms with E-state index in [0.29, 0.717) is 19.3 Å². The SMILES string of the molecule is CCCS(=O)(=O)CCCC(=O)NC. The van der Waals surface area contributed by atoms with E-state index < -0.39 is 9.84 Å². The van der Waals surface area contributed by atoms with Gasteiger partial charge >= 0.3 is 0 Å². The number of carbonyl (C=O) groups excluding carboxylic acids is 1. The number of hydrogen-bond acceptors (Lipinski definition) is 3. The van der Waals surface area contributed by atoms with Gasteiger partial charge < -0.3 is 5.32 Å². The van der Waals surface area contributed by atoms with Gasteiger partial charge in [-0.05, 0) is 12.8 Å². The topological polar surface area (TPSA) is 63.2 Å². The van der Waals surface area contributed by atoms with Gasteiger partial charge in [-0.25, -0.2) is 8.42 Å². The molecule has 78 valence electrons. The molecule has 0 saturated heterocycles. The molecule has 4 nitrogen and oxygen atoms in total. The lowest BCUT2D eigenvalue weighted by Gasteiger charge is -2.01. The van der Waals surface area contributed by atoms with Crippen LogP contribution in [0.1, 0.15) is 26.2 Å². The second-order valence-electron chi connectivity index (χ2n) is 2.93. The van der Waals surface area contributed by atoms with Crippen LogP contribution in [0.5, 0.6) is 0 Å². The van der Waals surface area contributed by atoms with Crippen molar-refractivity contribution in [3.05, 3.63) is 0 Å². The molecule has 0 rings (SSSR count). The highest BCUT2D eigenvalue weighted by atomic mass is 32.2. The fourth-order valence-electron chi connectivity index (χ4n) is 0.991. The molecule has 0 atom stereocenters. The molecule has 0 saturated carbocycles. The maximum atomic E-state index is 11.2. The Kier molecular flexibility index (Phi) is 5.70. The zero-order valence-electron chi connectivity index (χ0n) is 8.17. The van der Waals surface area contributed by atoms with Crippen LogP contribution in [0.3, 0.4) is 0 Å². The van der Waals surface area contributed by atoms with Gasteiger partial charge in [-0.2, -0.15) is 0 Å². The molecule has 1 amide bonds. The molecule has 0 fully saturated rings. The van der Waals surface area contributed by atoms with Gasteiger partial charge in [0.05, 0.1) is 5.75 Å². The van der Waals surface area contributed by atoms with E-state index in [1.54, 1.807) is 7.05 Å². The Morgan fingerprint density at radius 3 is 2.38 bits per heavy atom. The summed E-state index contributed by atoms with van der Waals surface area (Å²) in [5.74, 6) is 0.237. The zero-order chi connectivity index (χ0) is 10.3. The molecule has 0 spiro atoms. The molecule has 0 aromatic rings. The first-order chi connectivity index (χ1) is 6.02. The zero-order valence-corrected chi connectivity index (χ0v) is 8.99. The van der Waals surface area contributed by atoms with Crippen LogP contribution in [-0.2, 0) is 14.6 Å². The number of carbonyl (C=O) groups is 1. The van der Waals surface area contributed by atoms with Crippen molar-refractivity contribution in [1.29, 1.82) is 0 Å². The summed E-state index contributed by atoms with van der Waals surface area (Å²) in [6, 6.07) is 0. The molecule has 0 aromatic carbocycles. The van der Waals surface area contributed by atoms with Crippen molar-refractivity contribution in [1.82, 2.24) is 5.32 Å². The van der Waals surface area contributed by atoms with Crippen LogP contribution in [0.25, 0.3) is 0 Å². The van der Waals surface area contributed by atoms with E-state index >= 15 is 0 Å². The predicted molar refractivity (Wildman–Crippen MR) is 52.2 cm³/mol. The van der Waals surface area contributed by atoms with Gasteiger partial charge in [0.15, 0.2) is 0 Å². The molecule has 0 unspecified atom stereocenters. The lowest BCUT2D eigenvalue weighted by atomic mass is 10.3. The van der Waals surface area contributed by atoms with Crippen molar-refractivity contribution in [2.75, 3.05) is 18.6 Å². The van der Waals surface area contributed by atoms with Crippen LogP contribution in [-0.4, -0.2) is 32.9 Å². The van der Waals surface area contributed by atoms with E-state index in [0.717, 1.165) is 0 Å². The molecule has 0 aromatic heterocycles. The molecule has 1 N–H and O–H groups in total.